The number of rotatable bonds is 4. The summed E-state index contributed by atoms with van der Waals surface area (Å²) in [6.45, 7) is 1.32. The first-order valence-electron chi connectivity index (χ1n) is 6.68. The molecule has 0 spiro atoms. The Morgan fingerprint density at radius 1 is 0.900 bits per heavy atom. The molecule has 2 aromatic carbocycles. The SMILES string of the molecule is O=c1[nH]c2ccccc2cc1CNCc1ccccc1. The summed E-state index contributed by atoms with van der Waals surface area (Å²) in [5.41, 5.74) is 2.83. The topological polar surface area (TPSA) is 44.9 Å². The van der Waals surface area contributed by atoms with Gasteiger partial charge in [-0.1, -0.05) is 48.5 Å². The lowest BCUT2D eigenvalue weighted by Crippen LogP contribution is -2.20. The van der Waals surface area contributed by atoms with E-state index >= 15 is 0 Å². The van der Waals surface area contributed by atoms with Gasteiger partial charge in [0, 0.05) is 24.2 Å². The van der Waals surface area contributed by atoms with Crippen LogP contribution >= 0.6 is 0 Å². The fourth-order valence-electron chi connectivity index (χ4n) is 2.26. The van der Waals surface area contributed by atoms with Crippen LogP contribution in [0.25, 0.3) is 10.9 Å². The first-order valence-corrected chi connectivity index (χ1v) is 6.68. The van der Waals surface area contributed by atoms with Gasteiger partial charge in [0.2, 0.25) is 0 Å². The third-order valence-electron chi connectivity index (χ3n) is 3.32. The molecule has 1 aromatic heterocycles. The van der Waals surface area contributed by atoms with E-state index in [1.807, 2.05) is 48.5 Å². The largest absolute Gasteiger partial charge is 0.322 e. The van der Waals surface area contributed by atoms with Crippen LogP contribution in [0, 0.1) is 0 Å². The van der Waals surface area contributed by atoms with Crippen LogP contribution in [0.2, 0.25) is 0 Å². The Morgan fingerprint density at radius 2 is 1.65 bits per heavy atom. The first-order chi connectivity index (χ1) is 9.83. The van der Waals surface area contributed by atoms with E-state index in [-0.39, 0.29) is 5.56 Å². The van der Waals surface area contributed by atoms with E-state index in [4.69, 9.17) is 0 Å². The number of aromatic nitrogens is 1. The highest BCUT2D eigenvalue weighted by atomic mass is 16.1. The molecule has 1 heterocycles. The molecule has 0 aliphatic carbocycles. The van der Waals surface area contributed by atoms with E-state index in [9.17, 15) is 4.79 Å². The van der Waals surface area contributed by atoms with Gasteiger partial charge in [0.05, 0.1) is 0 Å². The minimum Gasteiger partial charge on any atom is -0.322 e. The van der Waals surface area contributed by atoms with Crippen molar-refractivity contribution in [1.82, 2.24) is 10.3 Å². The molecule has 0 radical (unpaired) electrons. The minimum absolute atomic E-state index is 0.0238. The van der Waals surface area contributed by atoms with Crippen molar-refractivity contribution < 1.29 is 0 Å². The lowest BCUT2D eigenvalue weighted by Gasteiger charge is -2.06. The van der Waals surface area contributed by atoms with E-state index in [1.165, 1.54) is 5.56 Å². The van der Waals surface area contributed by atoms with Crippen molar-refractivity contribution in [3.8, 4) is 0 Å². The molecule has 2 N–H and O–H groups in total. The molecular formula is C17H16N2O. The molecular weight excluding hydrogens is 248 g/mol. The summed E-state index contributed by atoms with van der Waals surface area (Å²) in [5.74, 6) is 0. The molecule has 0 saturated heterocycles. The number of hydrogen-bond acceptors (Lipinski definition) is 2. The van der Waals surface area contributed by atoms with Gasteiger partial charge in [-0.15, -0.1) is 0 Å². The second-order valence-electron chi connectivity index (χ2n) is 4.80. The monoisotopic (exact) mass is 264 g/mol. The molecule has 0 aliphatic heterocycles. The van der Waals surface area contributed by atoms with Crippen molar-refractivity contribution in [3.63, 3.8) is 0 Å². The van der Waals surface area contributed by atoms with E-state index in [0.717, 1.165) is 23.0 Å². The van der Waals surface area contributed by atoms with Crippen molar-refractivity contribution in [2.75, 3.05) is 0 Å². The summed E-state index contributed by atoms with van der Waals surface area (Å²) in [4.78, 5) is 14.9. The maximum Gasteiger partial charge on any atom is 0.252 e. The fourth-order valence-corrected chi connectivity index (χ4v) is 2.26. The van der Waals surface area contributed by atoms with Crippen LogP contribution < -0.4 is 10.9 Å². The number of nitrogens with one attached hydrogen (secondary N) is 2. The van der Waals surface area contributed by atoms with Crippen LogP contribution in [-0.2, 0) is 13.1 Å². The van der Waals surface area contributed by atoms with Crippen LogP contribution in [0.5, 0.6) is 0 Å². The van der Waals surface area contributed by atoms with E-state index in [1.54, 1.807) is 0 Å². The Morgan fingerprint density at radius 3 is 2.50 bits per heavy atom. The van der Waals surface area contributed by atoms with Crippen molar-refractivity contribution in [2.45, 2.75) is 13.1 Å². The molecule has 0 fully saturated rings. The van der Waals surface area contributed by atoms with Gasteiger partial charge in [-0.25, -0.2) is 0 Å². The second kappa shape index (κ2) is 5.72. The van der Waals surface area contributed by atoms with Crippen molar-refractivity contribution in [1.29, 1.82) is 0 Å². The lowest BCUT2D eigenvalue weighted by atomic mass is 10.1. The number of hydrogen-bond donors (Lipinski definition) is 2. The Balaban J connectivity index is 1.74. The Hall–Kier alpha value is -2.39. The molecule has 0 amide bonds. The van der Waals surface area contributed by atoms with Crippen LogP contribution in [0.15, 0.2) is 65.5 Å². The average molecular weight is 264 g/mol. The predicted octanol–water partition coefficient (Wildman–Crippen LogP) is 2.82. The maximum absolute atomic E-state index is 12.0. The normalized spacial score (nSPS) is 10.8. The van der Waals surface area contributed by atoms with Crippen LogP contribution in [0.3, 0.4) is 0 Å². The number of pyridine rings is 1. The third-order valence-corrected chi connectivity index (χ3v) is 3.32. The minimum atomic E-state index is -0.0238. The van der Waals surface area contributed by atoms with Gasteiger partial charge < -0.3 is 10.3 Å². The number of para-hydroxylation sites is 1. The summed E-state index contributed by atoms with van der Waals surface area (Å²) in [6.07, 6.45) is 0. The maximum atomic E-state index is 12.0. The predicted molar refractivity (Wildman–Crippen MR) is 81.6 cm³/mol. The summed E-state index contributed by atoms with van der Waals surface area (Å²) < 4.78 is 0. The zero-order valence-corrected chi connectivity index (χ0v) is 11.1. The molecule has 3 nitrogen and oxygen atoms in total. The van der Waals surface area contributed by atoms with Crippen LogP contribution in [-0.4, -0.2) is 4.98 Å². The van der Waals surface area contributed by atoms with Crippen LogP contribution in [0.4, 0.5) is 0 Å². The molecule has 100 valence electrons. The number of fused-ring (bicyclic) bond motifs is 1. The highest BCUT2D eigenvalue weighted by Gasteiger charge is 2.02. The van der Waals surface area contributed by atoms with Crippen molar-refractivity contribution >= 4 is 10.9 Å². The third kappa shape index (κ3) is 2.78. The molecule has 0 unspecified atom stereocenters. The highest BCUT2D eigenvalue weighted by Crippen LogP contribution is 2.10. The van der Waals surface area contributed by atoms with Gasteiger partial charge in [-0.2, -0.15) is 0 Å². The second-order valence-corrected chi connectivity index (χ2v) is 4.80. The van der Waals surface area contributed by atoms with E-state index in [0.29, 0.717) is 6.54 Å². The molecule has 3 heteroatoms. The lowest BCUT2D eigenvalue weighted by molar-refractivity contribution is 0.688. The highest BCUT2D eigenvalue weighted by molar-refractivity contribution is 5.78. The Kier molecular flexibility index (Phi) is 3.61. The number of H-pyrrole nitrogens is 1. The summed E-state index contributed by atoms with van der Waals surface area (Å²) >= 11 is 0. The molecule has 3 rings (SSSR count). The summed E-state index contributed by atoms with van der Waals surface area (Å²) in [5, 5.41) is 4.36. The Bertz CT molecular complexity index is 763. The zero-order chi connectivity index (χ0) is 13.8. The first kappa shape index (κ1) is 12.6. The van der Waals surface area contributed by atoms with Crippen LogP contribution in [0.1, 0.15) is 11.1 Å². The fraction of sp³-hybridized carbons (Fsp3) is 0.118. The number of benzene rings is 2. The molecule has 0 bridgehead atoms. The Labute approximate surface area is 117 Å². The van der Waals surface area contributed by atoms with Crippen molar-refractivity contribution in [3.05, 3.63) is 82.1 Å². The molecule has 3 aromatic rings. The van der Waals surface area contributed by atoms with Gasteiger partial charge in [0.25, 0.3) is 5.56 Å². The van der Waals surface area contributed by atoms with Gasteiger partial charge in [-0.05, 0) is 23.1 Å². The smallest absolute Gasteiger partial charge is 0.252 e. The van der Waals surface area contributed by atoms with Gasteiger partial charge in [0.1, 0.15) is 0 Å². The van der Waals surface area contributed by atoms with Gasteiger partial charge in [0.15, 0.2) is 0 Å². The van der Waals surface area contributed by atoms with Crippen molar-refractivity contribution in [2.24, 2.45) is 0 Å². The molecule has 0 atom stereocenters. The van der Waals surface area contributed by atoms with Gasteiger partial charge >= 0.3 is 0 Å². The number of aromatic amines is 1. The van der Waals surface area contributed by atoms with E-state index < -0.39 is 0 Å². The molecule has 0 aliphatic rings. The molecule has 0 saturated carbocycles. The molecule has 20 heavy (non-hydrogen) atoms. The standard InChI is InChI=1S/C17H16N2O/c20-17-15(10-14-8-4-5-9-16(14)19-17)12-18-11-13-6-2-1-3-7-13/h1-10,18H,11-12H2,(H,19,20). The summed E-state index contributed by atoms with van der Waals surface area (Å²) in [7, 11) is 0. The van der Waals surface area contributed by atoms with E-state index in [2.05, 4.69) is 22.4 Å². The quantitative estimate of drug-likeness (QED) is 0.761. The zero-order valence-electron chi connectivity index (χ0n) is 11.1. The average Bonchev–Trinajstić information content (AvgIpc) is 2.49. The van der Waals surface area contributed by atoms with Gasteiger partial charge in [-0.3, -0.25) is 4.79 Å². The summed E-state index contributed by atoms with van der Waals surface area (Å²) in [6, 6.07) is 19.9.